The van der Waals surface area contributed by atoms with E-state index >= 15 is 0 Å². The van der Waals surface area contributed by atoms with Crippen LogP contribution in [0.5, 0.6) is 0 Å². The van der Waals surface area contributed by atoms with Crippen LogP contribution in [-0.2, 0) is 11.3 Å². The van der Waals surface area contributed by atoms with Crippen molar-refractivity contribution in [2.75, 3.05) is 0 Å². The molecule has 1 heterocycles. The molecule has 4 nitrogen and oxygen atoms in total. The number of para-hydroxylation sites is 1. The van der Waals surface area contributed by atoms with E-state index in [9.17, 15) is 4.79 Å². The lowest BCUT2D eigenvalue weighted by Gasteiger charge is -2.06. The normalized spacial score (nSPS) is 11.3. The van der Waals surface area contributed by atoms with Gasteiger partial charge in [-0.2, -0.15) is 5.10 Å². The van der Waals surface area contributed by atoms with E-state index in [2.05, 4.69) is 15.1 Å². The topological polar surface area (TPSA) is 46.4 Å². The molecule has 0 spiro atoms. The van der Waals surface area contributed by atoms with Crippen LogP contribution in [-0.4, -0.2) is 16.7 Å². The summed E-state index contributed by atoms with van der Waals surface area (Å²) < 4.78 is 2.12. The first-order valence-corrected chi connectivity index (χ1v) is 8.11. The van der Waals surface area contributed by atoms with Gasteiger partial charge in [-0.3, -0.25) is 4.79 Å². The van der Waals surface area contributed by atoms with Gasteiger partial charge in [0.1, 0.15) is 0 Å². The minimum atomic E-state index is -0.203. The highest BCUT2D eigenvalue weighted by molar-refractivity contribution is 6.42. The Balaban J connectivity index is 1.97. The van der Waals surface area contributed by atoms with Gasteiger partial charge in [-0.25, -0.2) is 5.43 Å². The molecule has 0 aliphatic carbocycles. The molecule has 0 aliphatic rings. The smallest absolute Gasteiger partial charge is 0.236 e. The fourth-order valence-corrected chi connectivity index (χ4v) is 2.86. The van der Waals surface area contributed by atoms with Gasteiger partial charge in [0.15, 0.2) is 0 Å². The van der Waals surface area contributed by atoms with E-state index < -0.39 is 0 Å². The van der Waals surface area contributed by atoms with Crippen molar-refractivity contribution in [1.29, 1.82) is 0 Å². The van der Waals surface area contributed by atoms with E-state index in [1.165, 1.54) is 6.92 Å². The van der Waals surface area contributed by atoms with E-state index in [-0.39, 0.29) is 5.91 Å². The fraction of sp³-hybridized carbons (Fsp3) is 0.111. The Morgan fingerprint density at radius 3 is 2.75 bits per heavy atom. The standard InChI is InChI=1S/C18H15Cl2N3O/c1-12(24)22-21-9-14-11-23(18-5-3-2-4-15(14)18)10-13-6-7-16(19)17(20)8-13/h2-9,11H,10H2,1H3,(H,22,24)/b21-9-. The SMILES string of the molecule is CC(=O)N/N=C\c1cn(Cc2ccc(Cl)c(Cl)c2)c2ccccc12. The molecule has 3 rings (SSSR count). The van der Waals surface area contributed by atoms with Crippen LogP contribution in [0.25, 0.3) is 10.9 Å². The van der Waals surface area contributed by atoms with Gasteiger partial charge in [0.2, 0.25) is 5.91 Å². The maximum atomic E-state index is 10.9. The number of hydrogen-bond donors (Lipinski definition) is 1. The average molecular weight is 360 g/mol. The van der Waals surface area contributed by atoms with Crippen molar-refractivity contribution in [3.8, 4) is 0 Å². The average Bonchev–Trinajstić information content (AvgIpc) is 2.89. The minimum Gasteiger partial charge on any atom is -0.342 e. The predicted molar refractivity (Wildman–Crippen MR) is 98.9 cm³/mol. The van der Waals surface area contributed by atoms with Crippen molar-refractivity contribution in [1.82, 2.24) is 9.99 Å². The molecule has 1 N–H and O–H groups in total. The molecule has 122 valence electrons. The van der Waals surface area contributed by atoms with Gasteiger partial charge in [-0.1, -0.05) is 47.5 Å². The number of carbonyl (C=O) groups is 1. The third-order valence-electron chi connectivity index (χ3n) is 3.58. The molecular formula is C18H15Cl2N3O. The number of amides is 1. The number of aromatic nitrogens is 1. The van der Waals surface area contributed by atoms with Gasteiger partial charge < -0.3 is 4.57 Å². The summed E-state index contributed by atoms with van der Waals surface area (Å²) in [5.74, 6) is -0.203. The number of halogens is 2. The third-order valence-corrected chi connectivity index (χ3v) is 4.32. The van der Waals surface area contributed by atoms with E-state index in [0.717, 1.165) is 22.0 Å². The van der Waals surface area contributed by atoms with Crippen molar-refractivity contribution in [3.63, 3.8) is 0 Å². The summed E-state index contributed by atoms with van der Waals surface area (Å²) in [6, 6.07) is 13.6. The molecular weight excluding hydrogens is 345 g/mol. The number of rotatable bonds is 4. The van der Waals surface area contributed by atoms with Crippen LogP contribution in [0.1, 0.15) is 18.1 Å². The quantitative estimate of drug-likeness (QED) is 0.542. The summed E-state index contributed by atoms with van der Waals surface area (Å²) in [4.78, 5) is 10.9. The van der Waals surface area contributed by atoms with Crippen molar-refractivity contribution in [2.45, 2.75) is 13.5 Å². The monoisotopic (exact) mass is 359 g/mol. The molecule has 0 aliphatic heterocycles. The molecule has 1 amide bonds. The lowest BCUT2D eigenvalue weighted by molar-refractivity contribution is -0.118. The summed E-state index contributed by atoms with van der Waals surface area (Å²) in [6.07, 6.45) is 3.65. The number of fused-ring (bicyclic) bond motifs is 1. The Morgan fingerprint density at radius 2 is 2.00 bits per heavy atom. The Morgan fingerprint density at radius 1 is 1.21 bits per heavy atom. The maximum absolute atomic E-state index is 10.9. The molecule has 0 atom stereocenters. The number of nitrogens with one attached hydrogen (secondary N) is 1. The second-order valence-electron chi connectivity index (χ2n) is 5.40. The summed E-state index contributed by atoms with van der Waals surface area (Å²) in [5, 5.41) is 6.11. The molecule has 0 fully saturated rings. The molecule has 0 saturated heterocycles. The van der Waals surface area contributed by atoms with Crippen molar-refractivity contribution >= 4 is 46.2 Å². The molecule has 1 aromatic heterocycles. The van der Waals surface area contributed by atoms with Crippen LogP contribution in [0.3, 0.4) is 0 Å². The van der Waals surface area contributed by atoms with Crippen LogP contribution in [0.15, 0.2) is 53.8 Å². The van der Waals surface area contributed by atoms with Gasteiger partial charge in [-0.05, 0) is 23.8 Å². The molecule has 0 saturated carbocycles. The molecule has 6 heteroatoms. The molecule has 2 aromatic carbocycles. The predicted octanol–water partition coefficient (Wildman–Crippen LogP) is 4.47. The van der Waals surface area contributed by atoms with E-state index in [0.29, 0.717) is 16.6 Å². The molecule has 3 aromatic rings. The zero-order chi connectivity index (χ0) is 17.1. The number of benzene rings is 2. The summed E-state index contributed by atoms with van der Waals surface area (Å²) in [7, 11) is 0. The van der Waals surface area contributed by atoms with Crippen LogP contribution in [0, 0.1) is 0 Å². The first kappa shape index (κ1) is 16.6. The Bertz CT molecular complexity index is 931. The van der Waals surface area contributed by atoms with Crippen LogP contribution < -0.4 is 5.43 Å². The van der Waals surface area contributed by atoms with E-state index in [1.54, 1.807) is 12.3 Å². The van der Waals surface area contributed by atoms with Crippen LogP contribution >= 0.6 is 23.2 Å². The van der Waals surface area contributed by atoms with Crippen LogP contribution in [0.4, 0.5) is 0 Å². The van der Waals surface area contributed by atoms with E-state index in [4.69, 9.17) is 23.2 Å². The highest BCUT2D eigenvalue weighted by Crippen LogP contribution is 2.25. The molecule has 24 heavy (non-hydrogen) atoms. The first-order valence-electron chi connectivity index (χ1n) is 7.36. The van der Waals surface area contributed by atoms with Gasteiger partial charge >= 0.3 is 0 Å². The second-order valence-corrected chi connectivity index (χ2v) is 6.22. The Labute approximate surface area is 149 Å². The Kier molecular flexibility index (Phi) is 4.88. The number of carbonyl (C=O) groups excluding carboxylic acids is 1. The number of nitrogens with zero attached hydrogens (tertiary/aromatic N) is 2. The number of hydrogen-bond acceptors (Lipinski definition) is 2. The van der Waals surface area contributed by atoms with Crippen LogP contribution in [0.2, 0.25) is 10.0 Å². The van der Waals surface area contributed by atoms with Crippen molar-refractivity contribution in [2.24, 2.45) is 5.10 Å². The molecule has 0 radical (unpaired) electrons. The highest BCUT2D eigenvalue weighted by atomic mass is 35.5. The zero-order valence-corrected chi connectivity index (χ0v) is 14.5. The summed E-state index contributed by atoms with van der Waals surface area (Å²) >= 11 is 12.1. The van der Waals surface area contributed by atoms with Gasteiger partial charge in [0, 0.05) is 36.1 Å². The first-order chi connectivity index (χ1) is 11.5. The van der Waals surface area contributed by atoms with Crippen molar-refractivity contribution in [3.05, 3.63) is 69.8 Å². The molecule has 0 unspecified atom stereocenters. The second kappa shape index (κ2) is 7.07. The van der Waals surface area contributed by atoms with Gasteiger partial charge in [0.25, 0.3) is 0 Å². The third kappa shape index (κ3) is 3.61. The summed E-state index contributed by atoms with van der Waals surface area (Å²) in [6.45, 7) is 2.08. The fourth-order valence-electron chi connectivity index (χ4n) is 2.54. The lowest BCUT2D eigenvalue weighted by Crippen LogP contribution is -2.12. The van der Waals surface area contributed by atoms with E-state index in [1.807, 2.05) is 42.6 Å². The largest absolute Gasteiger partial charge is 0.342 e. The lowest BCUT2D eigenvalue weighted by atomic mass is 10.2. The van der Waals surface area contributed by atoms with Gasteiger partial charge in [0.05, 0.1) is 16.3 Å². The number of hydrazone groups is 1. The minimum absolute atomic E-state index is 0.203. The molecule has 0 bridgehead atoms. The van der Waals surface area contributed by atoms with Gasteiger partial charge in [-0.15, -0.1) is 0 Å². The zero-order valence-electron chi connectivity index (χ0n) is 13.0. The Hall–Kier alpha value is -2.30. The summed E-state index contributed by atoms with van der Waals surface area (Å²) in [5.41, 5.74) is 5.48. The maximum Gasteiger partial charge on any atom is 0.236 e. The van der Waals surface area contributed by atoms with Crippen molar-refractivity contribution < 1.29 is 4.79 Å². The highest BCUT2D eigenvalue weighted by Gasteiger charge is 2.08.